The van der Waals surface area contributed by atoms with Crippen molar-refractivity contribution in [1.29, 1.82) is 0 Å². The number of nitrogens with two attached hydrogens (primary N) is 2. The number of carboxylic acid groups (broad SMARTS) is 2. The number of halogens is 3. The van der Waals surface area contributed by atoms with E-state index in [2.05, 4.69) is 24.8 Å². The molecule has 0 bridgehead atoms. The second kappa shape index (κ2) is 15.2. The Morgan fingerprint density at radius 3 is 2.59 bits per heavy atom. The average Bonchev–Trinajstić information content (AvgIpc) is 3.40. The van der Waals surface area contributed by atoms with Crippen LogP contribution in [0.3, 0.4) is 0 Å². The molecule has 21 heteroatoms. The maximum absolute atomic E-state index is 13.1. The molecular weight excluding hydrogens is 653 g/mol. The summed E-state index contributed by atoms with van der Waals surface area (Å²) in [6.45, 7) is 0.561. The van der Waals surface area contributed by atoms with Gasteiger partial charge in [0.25, 0.3) is 11.8 Å². The second-order valence-electron chi connectivity index (χ2n) is 8.65. The van der Waals surface area contributed by atoms with Gasteiger partial charge < -0.3 is 31.8 Å². The quantitative estimate of drug-likeness (QED) is 0.0974. The summed E-state index contributed by atoms with van der Waals surface area (Å²) in [5.41, 5.74) is 11.8. The number of aliphatic carboxylic acids is 2. The van der Waals surface area contributed by atoms with E-state index in [0.29, 0.717) is 30.0 Å². The van der Waals surface area contributed by atoms with Crippen molar-refractivity contribution in [3.63, 3.8) is 0 Å². The van der Waals surface area contributed by atoms with E-state index in [1.165, 1.54) is 23.8 Å². The number of aromatic nitrogens is 3. The number of thioether (sulfide) groups is 2. The highest BCUT2D eigenvalue weighted by Crippen LogP contribution is 2.44. The molecule has 2 aromatic heterocycles. The Morgan fingerprint density at radius 2 is 2.02 bits per heavy atom. The van der Waals surface area contributed by atoms with E-state index >= 15 is 0 Å². The number of carbonyl (C=O) groups excluding carboxylic acids is 2. The fourth-order valence-electron chi connectivity index (χ4n) is 3.96. The van der Waals surface area contributed by atoms with Crippen molar-refractivity contribution >= 4 is 69.7 Å². The highest BCUT2D eigenvalue weighted by molar-refractivity contribution is 8.03. The van der Waals surface area contributed by atoms with E-state index in [0.717, 1.165) is 27.7 Å². The molecular formula is C23H25F3N8O7S3. The van der Waals surface area contributed by atoms with Crippen molar-refractivity contribution < 1.29 is 47.4 Å². The van der Waals surface area contributed by atoms with Gasteiger partial charge in [0.05, 0.1) is 6.04 Å². The normalized spacial score (nSPS) is 18.1. The lowest BCUT2D eigenvalue weighted by molar-refractivity contribution is -0.192. The molecule has 2 aliphatic heterocycles. The minimum atomic E-state index is -5.08. The molecule has 0 spiro atoms. The summed E-state index contributed by atoms with van der Waals surface area (Å²) < 4.78 is 35.7. The van der Waals surface area contributed by atoms with Gasteiger partial charge in [0, 0.05) is 51.8 Å². The third kappa shape index (κ3) is 8.36. The van der Waals surface area contributed by atoms with Crippen molar-refractivity contribution in [3.8, 4) is 0 Å². The number of hydrogen-bond acceptors (Lipinski definition) is 14. The van der Waals surface area contributed by atoms with Crippen molar-refractivity contribution in [1.82, 2.24) is 24.6 Å². The number of hydrogen-bond donors (Lipinski definition) is 5. The zero-order valence-electron chi connectivity index (χ0n) is 22.6. The van der Waals surface area contributed by atoms with Crippen LogP contribution >= 0.6 is 35.1 Å². The molecule has 0 unspecified atom stereocenters. The molecule has 4 rings (SSSR count). The van der Waals surface area contributed by atoms with Crippen LogP contribution in [0, 0.1) is 0 Å². The summed E-state index contributed by atoms with van der Waals surface area (Å²) in [4.78, 5) is 62.6. The summed E-state index contributed by atoms with van der Waals surface area (Å²) in [7, 11) is 1.26. The summed E-state index contributed by atoms with van der Waals surface area (Å²) in [6.07, 6.45) is -0.788. The number of allylic oxidation sites excluding steroid dienone is 1. The minimum Gasteiger partial charge on any atom is -0.477 e. The Kier molecular flexibility index (Phi) is 11.9. The predicted molar refractivity (Wildman–Crippen MR) is 153 cm³/mol. The van der Waals surface area contributed by atoms with Gasteiger partial charge in [0.15, 0.2) is 5.13 Å². The molecule has 1 saturated heterocycles. The Labute approximate surface area is 259 Å². The number of oxime groups is 1. The van der Waals surface area contributed by atoms with Crippen LogP contribution in [0.15, 0.2) is 39.1 Å². The summed E-state index contributed by atoms with van der Waals surface area (Å²) in [6, 6.07) is 0.398. The van der Waals surface area contributed by atoms with E-state index in [1.807, 2.05) is 6.07 Å². The van der Waals surface area contributed by atoms with Gasteiger partial charge in [-0.05, 0) is 24.5 Å². The van der Waals surface area contributed by atoms with Gasteiger partial charge in [-0.3, -0.25) is 19.5 Å². The van der Waals surface area contributed by atoms with Crippen LogP contribution in [0.4, 0.5) is 18.3 Å². The topological polar surface area (TPSA) is 236 Å². The van der Waals surface area contributed by atoms with E-state index in [1.54, 1.807) is 24.2 Å². The van der Waals surface area contributed by atoms with Crippen LogP contribution in [0.2, 0.25) is 0 Å². The van der Waals surface area contributed by atoms with Crippen LogP contribution in [-0.4, -0.2) is 96.6 Å². The number of nitrogens with zero attached hydrogens (tertiary/aromatic N) is 5. The molecule has 4 heterocycles. The molecule has 238 valence electrons. The first kappa shape index (κ1) is 34.5. The molecule has 0 aromatic carbocycles. The standard InChI is InChI=1S/C21H24N8O5S3.C2HF3O2/c1-34-27-15(17-26-21(23)37-28-17)18(30)25-14-11-2-3-13(16(20(32)33)29(11)19(14)31)36-12-4-6-24-8-10(12)9-35-7-5-22;3-2(4,5)1(6)7/h4,6,8,11,14H,2-3,5,7,9,22H2,1H3,(H,25,30)(H,32,33)(H2,23,26,28);(H,6,7)/b27-15-;/t11-,14+;/m1./s1. The first-order chi connectivity index (χ1) is 20.8. The highest BCUT2D eigenvalue weighted by Gasteiger charge is 2.54. The van der Waals surface area contributed by atoms with Crippen LogP contribution < -0.4 is 16.8 Å². The van der Waals surface area contributed by atoms with E-state index < -0.39 is 42.0 Å². The Hall–Kier alpha value is -3.95. The second-order valence-corrected chi connectivity index (χ2v) is 11.7. The van der Waals surface area contributed by atoms with Gasteiger partial charge in [0.1, 0.15) is 18.8 Å². The van der Waals surface area contributed by atoms with E-state index in [-0.39, 0.29) is 22.4 Å². The molecule has 0 aliphatic carbocycles. The number of pyridine rings is 1. The smallest absolute Gasteiger partial charge is 0.477 e. The lowest BCUT2D eigenvalue weighted by Gasteiger charge is -2.50. The SMILES string of the molecule is CO/N=C(\C(=O)N[C@@H]1C(=O)N2C(C(=O)O)=C(Sc3ccncc3CSCCN)CC[C@H]12)c1nsc(N)n1.O=C(O)C(F)(F)F. The third-order valence-electron chi connectivity index (χ3n) is 5.79. The predicted octanol–water partition coefficient (Wildman–Crippen LogP) is 1.27. The Morgan fingerprint density at radius 1 is 1.32 bits per heavy atom. The third-order valence-corrected chi connectivity index (χ3v) is 8.63. The molecule has 2 amide bonds. The van der Waals surface area contributed by atoms with Gasteiger partial charge in [0.2, 0.25) is 11.5 Å². The number of fused-ring (bicyclic) bond motifs is 1. The molecule has 0 saturated carbocycles. The van der Waals surface area contributed by atoms with Crippen LogP contribution in [0.5, 0.6) is 0 Å². The summed E-state index contributed by atoms with van der Waals surface area (Å²) in [5, 5.41) is 23.6. The minimum absolute atomic E-state index is 0.0308. The summed E-state index contributed by atoms with van der Waals surface area (Å²) in [5.74, 6) is -3.76. The number of rotatable bonds is 11. The molecule has 2 aliphatic rings. The number of nitrogens with one attached hydrogen (secondary N) is 1. The molecule has 15 nitrogen and oxygen atoms in total. The number of β-lactam (4-membered cyclic amide) rings is 1. The Balaban J connectivity index is 0.000000676. The number of nitrogen functional groups attached to an aromatic ring is 1. The maximum Gasteiger partial charge on any atom is 0.490 e. The van der Waals surface area contributed by atoms with Crippen molar-refractivity contribution in [2.45, 2.75) is 41.7 Å². The van der Waals surface area contributed by atoms with Gasteiger partial charge in [-0.2, -0.15) is 34.3 Å². The van der Waals surface area contributed by atoms with Crippen molar-refractivity contribution in [2.75, 3.05) is 25.1 Å². The monoisotopic (exact) mass is 678 g/mol. The first-order valence-corrected chi connectivity index (χ1v) is 15.0. The molecule has 2 aromatic rings. The van der Waals surface area contributed by atoms with Gasteiger partial charge in [-0.25, -0.2) is 9.59 Å². The average molecular weight is 679 g/mol. The van der Waals surface area contributed by atoms with Gasteiger partial charge in [-0.15, -0.1) is 0 Å². The number of anilines is 1. The zero-order chi connectivity index (χ0) is 32.6. The fourth-order valence-corrected chi connectivity index (χ4v) is 6.40. The summed E-state index contributed by atoms with van der Waals surface area (Å²) >= 11 is 3.87. The highest BCUT2D eigenvalue weighted by atomic mass is 32.2. The lowest BCUT2D eigenvalue weighted by Crippen LogP contribution is -2.72. The zero-order valence-corrected chi connectivity index (χ0v) is 25.1. The molecule has 7 N–H and O–H groups in total. The van der Waals surface area contributed by atoms with Crippen LogP contribution in [-0.2, 0) is 29.8 Å². The van der Waals surface area contributed by atoms with Crippen LogP contribution in [0.1, 0.15) is 24.2 Å². The van der Waals surface area contributed by atoms with Crippen molar-refractivity contribution in [3.05, 3.63) is 40.5 Å². The van der Waals surface area contributed by atoms with E-state index in [4.69, 9.17) is 26.2 Å². The van der Waals surface area contributed by atoms with E-state index in [9.17, 15) is 32.7 Å². The number of amides is 2. The Bertz CT molecular complexity index is 1470. The van der Waals surface area contributed by atoms with Gasteiger partial charge >= 0.3 is 18.1 Å². The molecule has 44 heavy (non-hydrogen) atoms. The van der Waals surface area contributed by atoms with Crippen LogP contribution in [0.25, 0.3) is 0 Å². The fraction of sp³-hybridized carbons (Fsp3) is 0.391. The molecule has 2 atom stereocenters. The van der Waals surface area contributed by atoms with Crippen molar-refractivity contribution in [2.24, 2.45) is 10.9 Å². The lowest BCUT2D eigenvalue weighted by atomic mass is 9.86. The van der Waals surface area contributed by atoms with Gasteiger partial charge in [-0.1, -0.05) is 16.9 Å². The molecule has 0 radical (unpaired) electrons. The number of carbonyl (C=O) groups is 4. The first-order valence-electron chi connectivity index (χ1n) is 12.3. The molecule has 1 fully saturated rings. The largest absolute Gasteiger partial charge is 0.490 e. The maximum atomic E-state index is 13.1. The number of carboxylic acids is 2. The number of alkyl halides is 3.